The normalized spacial score (nSPS) is 10.9. The molecular weight excluding hydrogens is 384 g/mol. The standard InChI is InChI=1S/C18H19ClN6O3/c1-11-8-16(22-23(11)9-14-6-4-5-7-15(14)19)20-17(26)10-24-13(3)18(25(27)28)12(2)21-24/h4-8H,9-10H2,1-3H3,(H,20,22,26). The van der Waals surface area contributed by atoms with Gasteiger partial charge in [0.15, 0.2) is 5.82 Å². The summed E-state index contributed by atoms with van der Waals surface area (Å²) in [6.45, 7) is 5.32. The zero-order valence-corrected chi connectivity index (χ0v) is 16.4. The Morgan fingerprint density at radius 2 is 1.93 bits per heavy atom. The Morgan fingerprint density at radius 3 is 2.57 bits per heavy atom. The number of hydrogen-bond donors (Lipinski definition) is 1. The van der Waals surface area contributed by atoms with Gasteiger partial charge in [0, 0.05) is 16.8 Å². The van der Waals surface area contributed by atoms with Gasteiger partial charge in [-0.15, -0.1) is 0 Å². The molecule has 3 aromatic rings. The number of carbonyl (C=O) groups is 1. The molecule has 9 nitrogen and oxygen atoms in total. The minimum Gasteiger partial charge on any atom is -0.308 e. The molecule has 28 heavy (non-hydrogen) atoms. The minimum atomic E-state index is -0.494. The predicted octanol–water partition coefficient (Wildman–Crippen LogP) is 3.25. The van der Waals surface area contributed by atoms with Crippen molar-refractivity contribution in [2.45, 2.75) is 33.9 Å². The molecule has 10 heteroatoms. The van der Waals surface area contributed by atoms with Crippen LogP contribution in [0.3, 0.4) is 0 Å². The molecule has 1 aromatic carbocycles. The molecule has 1 amide bonds. The Bertz CT molecular complexity index is 1060. The van der Waals surface area contributed by atoms with E-state index in [1.165, 1.54) is 4.68 Å². The van der Waals surface area contributed by atoms with Crippen molar-refractivity contribution in [1.82, 2.24) is 19.6 Å². The summed E-state index contributed by atoms with van der Waals surface area (Å²) in [5, 5.41) is 22.9. The molecule has 3 rings (SSSR count). The number of benzene rings is 1. The summed E-state index contributed by atoms with van der Waals surface area (Å²) in [6, 6.07) is 9.23. The number of rotatable bonds is 6. The summed E-state index contributed by atoms with van der Waals surface area (Å²) in [5.74, 6) is 0.0217. The van der Waals surface area contributed by atoms with E-state index < -0.39 is 4.92 Å². The number of aryl methyl sites for hydroxylation is 2. The highest BCUT2D eigenvalue weighted by Crippen LogP contribution is 2.22. The van der Waals surface area contributed by atoms with Gasteiger partial charge in [-0.3, -0.25) is 24.3 Å². The van der Waals surface area contributed by atoms with Crippen LogP contribution < -0.4 is 5.32 Å². The lowest BCUT2D eigenvalue weighted by molar-refractivity contribution is -0.386. The van der Waals surface area contributed by atoms with Gasteiger partial charge in [-0.25, -0.2) is 0 Å². The number of hydrogen-bond acceptors (Lipinski definition) is 5. The van der Waals surface area contributed by atoms with Gasteiger partial charge in [0.25, 0.3) is 0 Å². The van der Waals surface area contributed by atoms with Gasteiger partial charge in [-0.05, 0) is 32.4 Å². The fraction of sp³-hybridized carbons (Fsp3) is 0.278. The maximum Gasteiger partial charge on any atom is 0.312 e. The largest absolute Gasteiger partial charge is 0.312 e. The van der Waals surface area contributed by atoms with E-state index in [1.54, 1.807) is 24.6 Å². The second-order valence-electron chi connectivity index (χ2n) is 6.40. The number of amides is 1. The molecule has 0 radical (unpaired) electrons. The van der Waals surface area contributed by atoms with Crippen molar-refractivity contribution in [3.8, 4) is 0 Å². The first-order chi connectivity index (χ1) is 13.3. The summed E-state index contributed by atoms with van der Waals surface area (Å²) in [7, 11) is 0. The molecule has 0 atom stereocenters. The third-order valence-corrected chi connectivity index (χ3v) is 4.71. The van der Waals surface area contributed by atoms with Crippen molar-refractivity contribution in [2.24, 2.45) is 0 Å². The first kappa shape index (κ1) is 19.6. The second-order valence-corrected chi connectivity index (χ2v) is 6.81. The van der Waals surface area contributed by atoms with Gasteiger partial charge in [0.2, 0.25) is 5.91 Å². The van der Waals surface area contributed by atoms with Gasteiger partial charge in [0.1, 0.15) is 17.9 Å². The monoisotopic (exact) mass is 402 g/mol. The molecule has 0 unspecified atom stereocenters. The third kappa shape index (κ3) is 4.04. The van der Waals surface area contributed by atoms with E-state index in [9.17, 15) is 14.9 Å². The minimum absolute atomic E-state index is 0.0762. The first-order valence-electron chi connectivity index (χ1n) is 8.52. The Morgan fingerprint density at radius 1 is 1.21 bits per heavy atom. The highest BCUT2D eigenvalue weighted by molar-refractivity contribution is 6.31. The van der Waals surface area contributed by atoms with Crippen molar-refractivity contribution >= 4 is 29.0 Å². The van der Waals surface area contributed by atoms with E-state index in [1.807, 2.05) is 31.2 Å². The van der Waals surface area contributed by atoms with Crippen molar-refractivity contribution in [3.63, 3.8) is 0 Å². The molecule has 0 fully saturated rings. The Kier molecular flexibility index (Phi) is 5.46. The van der Waals surface area contributed by atoms with Gasteiger partial charge >= 0.3 is 5.69 Å². The molecule has 0 aliphatic carbocycles. The fourth-order valence-corrected chi connectivity index (χ4v) is 3.14. The Labute approximate surface area is 166 Å². The van der Waals surface area contributed by atoms with Crippen LogP contribution in [0.4, 0.5) is 11.5 Å². The van der Waals surface area contributed by atoms with Crippen LogP contribution in [0.2, 0.25) is 5.02 Å². The lowest BCUT2D eigenvalue weighted by Gasteiger charge is -2.06. The first-order valence-corrected chi connectivity index (χ1v) is 8.90. The lowest BCUT2D eigenvalue weighted by Crippen LogP contribution is -2.20. The SMILES string of the molecule is Cc1nn(CC(=O)Nc2cc(C)n(Cc3ccccc3Cl)n2)c(C)c1[N+](=O)[O-]. The highest BCUT2D eigenvalue weighted by Gasteiger charge is 2.23. The average molecular weight is 403 g/mol. The van der Waals surface area contributed by atoms with E-state index in [4.69, 9.17) is 11.6 Å². The number of nitrogens with zero attached hydrogens (tertiary/aromatic N) is 5. The topological polar surface area (TPSA) is 108 Å². The molecule has 0 bridgehead atoms. The average Bonchev–Trinajstić information content (AvgIpc) is 3.08. The van der Waals surface area contributed by atoms with Crippen molar-refractivity contribution < 1.29 is 9.72 Å². The predicted molar refractivity (Wildman–Crippen MR) is 105 cm³/mol. The molecule has 1 N–H and O–H groups in total. The van der Waals surface area contributed by atoms with Crippen LogP contribution in [0.5, 0.6) is 0 Å². The Balaban J connectivity index is 1.71. The highest BCUT2D eigenvalue weighted by atomic mass is 35.5. The molecule has 0 saturated heterocycles. The van der Waals surface area contributed by atoms with Crippen LogP contribution in [0.15, 0.2) is 30.3 Å². The lowest BCUT2D eigenvalue weighted by atomic mass is 10.2. The molecule has 0 spiro atoms. The molecular formula is C18H19ClN6O3. The zero-order valence-electron chi connectivity index (χ0n) is 15.6. The number of nitrogens with one attached hydrogen (secondary N) is 1. The maximum absolute atomic E-state index is 12.3. The van der Waals surface area contributed by atoms with Crippen molar-refractivity contribution in [2.75, 3.05) is 5.32 Å². The maximum atomic E-state index is 12.3. The van der Waals surface area contributed by atoms with Crippen molar-refractivity contribution in [1.29, 1.82) is 0 Å². The van der Waals surface area contributed by atoms with Crippen LogP contribution in [0.25, 0.3) is 0 Å². The van der Waals surface area contributed by atoms with Crippen LogP contribution in [-0.2, 0) is 17.9 Å². The van der Waals surface area contributed by atoms with E-state index in [0.717, 1.165) is 11.3 Å². The van der Waals surface area contributed by atoms with Crippen LogP contribution in [0.1, 0.15) is 22.6 Å². The summed E-state index contributed by atoms with van der Waals surface area (Å²) < 4.78 is 3.06. The number of nitro groups is 1. The number of carbonyl (C=O) groups excluding carboxylic acids is 1. The second kappa shape index (κ2) is 7.81. The molecule has 0 saturated carbocycles. The molecule has 146 valence electrons. The van der Waals surface area contributed by atoms with E-state index in [-0.39, 0.29) is 23.8 Å². The van der Waals surface area contributed by atoms with Crippen LogP contribution in [-0.4, -0.2) is 30.4 Å². The van der Waals surface area contributed by atoms with Crippen molar-refractivity contribution in [3.05, 3.63) is 68.1 Å². The van der Waals surface area contributed by atoms with Crippen LogP contribution in [0, 0.1) is 30.9 Å². The molecule has 0 aliphatic rings. The summed E-state index contributed by atoms with van der Waals surface area (Å²) in [5.41, 5.74) is 2.31. The molecule has 2 aromatic heterocycles. The van der Waals surface area contributed by atoms with Gasteiger partial charge in [0.05, 0.1) is 11.5 Å². The third-order valence-electron chi connectivity index (χ3n) is 4.35. The van der Waals surface area contributed by atoms with E-state index >= 15 is 0 Å². The van der Waals surface area contributed by atoms with E-state index in [0.29, 0.717) is 23.1 Å². The molecule has 2 heterocycles. The fourth-order valence-electron chi connectivity index (χ4n) is 2.94. The smallest absolute Gasteiger partial charge is 0.308 e. The van der Waals surface area contributed by atoms with Gasteiger partial charge < -0.3 is 5.32 Å². The summed E-state index contributed by atoms with van der Waals surface area (Å²) in [6.07, 6.45) is 0. The number of aromatic nitrogens is 4. The quantitative estimate of drug-likeness (QED) is 0.503. The summed E-state index contributed by atoms with van der Waals surface area (Å²) in [4.78, 5) is 22.9. The number of halogens is 1. The zero-order chi connectivity index (χ0) is 20.4. The Hall–Kier alpha value is -3.20. The molecule has 0 aliphatic heterocycles. The van der Waals surface area contributed by atoms with Gasteiger partial charge in [-0.2, -0.15) is 10.2 Å². The van der Waals surface area contributed by atoms with Crippen LogP contribution >= 0.6 is 11.6 Å². The number of anilines is 1. The van der Waals surface area contributed by atoms with Gasteiger partial charge in [-0.1, -0.05) is 29.8 Å². The summed E-state index contributed by atoms with van der Waals surface area (Å²) >= 11 is 6.19. The van der Waals surface area contributed by atoms with E-state index in [2.05, 4.69) is 15.5 Å².